The number of esters is 1. The second-order valence-electron chi connectivity index (χ2n) is 14.1. The summed E-state index contributed by atoms with van der Waals surface area (Å²) >= 11 is 0. The Morgan fingerprint density at radius 1 is 0.902 bits per heavy atom. The molecule has 2 aromatic carbocycles. The third-order valence-corrected chi connectivity index (χ3v) is 14.4. The fourth-order valence-electron chi connectivity index (χ4n) is 6.81. The number of aromatic nitrogens is 3. The number of benzene rings is 2. The molecule has 0 radical (unpaired) electrons. The van der Waals surface area contributed by atoms with Crippen LogP contribution < -0.4 is 15.1 Å². The molecule has 9 nitrogen and oxygen atoms in total. The van der Waals surface area contributed by atoms with Crippen molar-refractivity contribution in [3.05, 3.63) is 91.3 Å². The molecule has 1 saturated heterocycles. The summed E-state index contributed by atoms with van der Waals surface area (Å²) in [5.41, 5.74) is 1.81. The molecule has 1 fully saturated rings. The molecule has 4 aromatic rings. The first-order chi connectivity index (χ1) is 24.8. The highest BCUT2D eigenvalue weighted by Crippen LogP contribution is 2.37. The molecular formula is C41H55N3O6Si. The number of hydrogen-bond acceptors (Lipinski definition) is 8. The largest absolute Gasteiger partial charge is 0.492 e. The summed E-state index contributed by atoms with van der Waals surface area (Å²) in [6.07, 6.45) is 10.9. The number of nitrogens with zero attached hydrogens (tertiary/aromatic N) is 3. The van der Waals surface area contributed by atoms with Crippen molar-refractivity contribution in [2.45, 2.75) is 96.4 Å². The van der Waals surface area contributed by atoms with E-state index in [1.807, 2.05) is 41.9 Å². The molecule has 1 aliphatic heterocycles. The zero-order valence-corrected chi connectivity index (χ0v) is 31.8. The van der Waals surface area contributed by atoms with Crippen LogP contribution in [0.4, 0.5) is 0 Å². The fraction of sp³-hybridized carbons (Fsp3) is 0.488. The average Bonchev–Trinajstić information content (AvgIpc) is 3.65. The number of carbonyl (C=O) groups is 1. The van der Waals surface area contributed by atoms with Crippen LogP contribution in [0.25, 0.3) is 11.4 Å². The van der Waals surface area contributed by atoms with E-state index in [2.05, 4.69) is 79.4 Å². The van der Waals surface area contributed by atoms with Gasteiger partial charge in [0.1, 0.15) is 5.75 Å². The van der Waals surface area contributed by atoms with Crippen LogP contribution in [0.1, 0.15) is 85.3 Å². The molecule has 10 heteroatoms. The number of pyridine rings is 1. The van der Waals surface area contributed by atoms with Gasteiger partial charge in [0, 0.05) is 19.4 Å². The van der Waals surface area contributed by atoms with Crippen LogP contribution in [0.15, 0.2) is 91.3 Å². The van der Waals surface area contributed by atoms with Crippen LogP contribution in [0, 0.1) is 0 Å². The Kier molecular flexibility index (Phi) is 14.4. The quantitative estimate of drug-likeness (QED) is 0.0561. The lowest BCUT2D eigenvalue weighted by Gasteiger charge is -2.43. The molecule has 1 aliphatic rings. The van der Waals surface area contributed by atoms with Gasteiger partial charge in [0.15, 0.2) is 12.3 Å². The molecule has 0 spiro atoms. The van der Waals surface area contributed by atoms with Crippen molar-refractivity contribution in [2.75, 3.05) is 33.0 Å². The Labute approximate surface area is 304 Å². The van der Waals surface area contributed by atoms with Gasteiger partial charge in [0.05, 0.1) is 37.4 Å². The SMILES string of the molecule is CCOC(=O)C(CO[Si](c1ccccc1)(c1ccccc1)C(C)(C)C)OCCCCCCCOc1ccc(-c2ccnn2C2CCCCO2)nc1. The Morgan fingerprint density at radius 2 is 1.59 bits per heavy atom. The standard InChI is InChI=1S/C41H55N3O6Si/c1-5-46-40(45)38(32-50-51(41(2,3)4,34-19-11-9-12-20-34)35-21-13-10-14-22-35)48-29-17-8-6-7-16-28-47-33-24-25-36(42-31-33)37-26-27-43-44(37)39-23-15-18-30-49-39/h9-14,19-22,24-27,31,38-39H,5-8,15-18,23,28-30,32H2,1-4H3. The van der Waals surface area contributed by atoms with Crippen molar-refractivity contribution in [2.24, 2.45) is 0 Å². The Hall–Kier alpha value is -3.83. The topological polar surface area (TPSA) is 93.9 Å². The summed E-state index contributed by atoms with van der Waals surface area (Å²) in [6.45, 7) is 10.8. The number of rotatable bonds is 19. The van der Waals surface area contributed by atoms with Crippen molar-refractivity contribution < 1.29 is 28.2 Å². The van der Waals surface area contributed by atoms with E-state index < -0.39 is 14.4 Å². The maximum atomic E-state index is 13.1. The first-order valence-electron chi connectivity index (χ1n) is 18.6. The van der Waals surface area contributed by atoms with Crippen LogP contribution in [-0.2, 0) is 23.4 Å². The summed E-state index contributed by atoms with van der Waals surface area (Å²) in [5, 5.41) is 6.62. The number of hydrogen-bond donors (Lipinski definition) is 0. The number of unbranched alkanes of at least 4 members (excludes halogenated alkanes) is 4. The average molecular weight is 714 g/mol. The minimum atomic E-state index is -2.81. The minimum Gasteiger partial charge on any atom is -0.492 e. The van der Waals surface area contributed by atoms with Crippen molar-refractivity contribution in [3.8, 4) is 17.1 Å². The second-order valence-corrected chi connectivity index (χ2v) is 18.4. The first-order valence-corrected chi connectivity index (χ1v) is 20.5. The van der Waals surface area contributed by atoms with Crippen molar-refractivity contribution in [1.82, 2.24) is 14.8 Å². The molecular weight excluding hydrogens is 659 g/mol. The Balaban J connectivity index is 1.06. The van der Waals surface area contributed by atoms with Crippen LogP contribution in [0.5, 0.6) is 5.75 Å². The molecule has 3 heterocycles. The summed E-state index contributed by atoms with van der Waals surface area (Å²) in [7, 11) is -2.81. The summed E-state index contributed by atoms with van der Waals surface area (Å²) in [4.78, 5) is 17.7. The van der Waals surface area contributed by atoms with Gasteiger partial charge in [-0.1, -0.05) is 101 Å². The number of carbonyl (C=O) groups excluding carboxylic acids is 1. The smallest absolute Gasteiger partial charge is 0.337 e. The highest BCUT2D eigenvalue weighted by Gasteiger charge is 2.50. The van der Waals surface area contributed by atoms with Crippen molar-refractivity contribution >= 4 is 24.7 Å². The van der Waals surface area contributed by atoms with Crippen molar-refractivity contribution in [1.29, 1.82) is 0 Å². The molecule has 51 heavy (non-hydrogen) atoms. The van der Waals surface area contributed by atoms with Crippen LogP contribution in [0.2, 0.25) is 5.04 Å². The molecule has 5 rings (SSSR count). The number of ether oxygens (including phenoxy) is 4. The highest BCUT2D eigenvalue weighted by molar-refractivity contribution is 6.99. The molecule has 0 amide bonds. The fourth-order valence-corrected chi connectivity index (χ4v) is 11.4. The Morgan fingerprint density at radius 3 is 2.20 bits per heavy atom. The van der Waals surface area contributed by atoms with Crippen LogP contribution in [0.3, 0.4) is 0 Å². The molecule has 2 unspecified atom stereocenters. The molecule has 274 valence electrons. The van der Waals surface area contributed by atoms with Gasteiger partial charge >= 0.3 is 5.97 Å². The molecule has 0 saturated carbocycles. The van der Waals surface area contributed by atoms with Gasteiger partial charge in [-0.25, -0.2) is 9.48 Å². The lowest BCUT2D eigenvalue weighted by molar-refractivity contribution is -0.159. The molecule has 2 aromatic heterocycles. The normalized spacial score (nSPS) is 15.7. The summed E-state index contributed by atoms with van der Waals surface area (Å²) in [6, 6.07) is 26.8. The summed E-state index contributed by atoms with van der Waals surface area (Å²) in [5.74, 6) is 0.386. The van der Waals surface area contributed by atoms with Gasteiger partial charge in [-0.05, 0) is 72.6 Å². The highest BCUT2D eigenvalue weighted by atomic mass is 28.4. The predicted octanol–water partition coefficient (Wildman–Crippen LogP) is 7.50. The van der Waals surface area contributed by atoms with E-state index in [4.69, 9.17) is 23.4 Å². The molecule has 0 bridgehead atoms. The summed E-state index contributed by atoms with van der Waals surface area (Å²) < 4.78 is 32.4. The van der Waals surface area contributed by atoms with Gasteiger partial charge < -0.3 is 23.4 Å². The first kappa shape index (κ1) is 38.4. The zero-order valence-electron chi connectivity index (χ0n) is 30.8. The minimum absolute atomic E-state index is 0.0267. The van der Waals surface area contributed by atoms with Crippen molar-refractivity contribution in [3.63, 3.8) is 0 Å². The lowest BCUT2D eigenvalue weighted by atomic mass is 10.1. The van der Waals surface area contributed by atoms with E-state index in [-0.39, 0.29) is 23.8 Å². The maximum absolute atomic E-state index is 13.1. The third-order valence-electron chi connectivity index (χ3n) is 9.39. The van der Waals surface area contributed by atoms with Gasteiger partial charge in [-0.2, -0.15) is 5.10 Å². The van der Waals surface area contributed by atoms with Gasteiger partial charge in [-0.15, -0.1) is 0 Å². The third kappa shape index (κ3) is 10.2. The lowest BCUT2D eigenvalue weighted by Crippen LogP contribution is -2.67. The predicted molar refractivity (Wildman–Crippen MR) is 203 cm³/mol. The molecule has 0 aliphatic carbocycles. The molecule has 0 N–H and O–H groups in total. The van der Waals surface area contributed by atoms with E-state index in [1.54, 1.807) is 12.4 Å². The Bertz CT molecular complexity index is 1550. The second kappa shape index (κ2) is 19.1. The van der Waals surface area contributed by atoms with Crippen LogP contribution in [-0.4, -0.2) is 68.2 Å². The molecule has 2 atom stereocenters. The zero-order chi connectivity index (χ0) is 35.9. The van der Waals surface area contributed by atoms with E-state index in [0.29, 0.717) is 19.8 Å². The monoisotopic (exact) mass is 713 g/mol. The van der Waals surface area contributed by atoms with Crippen LogP contribution >= 0.6 is 0 Å². The van der Waals surface area contributed by atoms with Gasteiger partial charge in [-0.3, -0.25) is 4.98 Å². The van der Waals surface area contributed by atoms with Gasteiger partial charge in [0.2, 0.25) is 0 Å². The van der Waals surface area contributed by atoms with E-state index >= 15 is 0 Å². The maximum Gasteiger partial charge on any atom is 0.337 e. The van der Waals surface area contributed by atoms with E-state index in [9.17, 15) is 4.79 Å². The van der Waals surface area contributed by atoms with Gasteiger partial charge in [0.25, 0.3) is 8.32 Å². The van der Waals surface area contributed by atoms with E-state index in [1.165, 1.54) is 0 Å². The van der Waals surface area contributed by atoms with E-state index in [0.717, 1.165) is 85.5 Å².